The van der Waals surface area contributed by atoms with Crippen LogP contribution in [-0.2, 0) is 4.74 Å². The Balaban J connectivity index is 1.97. The number of benzene rings is 1. The molecule has 1 fully saturated rings. The minimum atomic E-state index is -0.473. The molecule has 8 heteroatoms. The maximum Gasteiger partial charge on any atom is 0.293 e. The van der Waals surface area contributed by atoms with Crippen LogP contribution in [0.3, 0.4) is 0 Å². The van der Waals surface area contributed by atoms with Crippen LogP contribution in [0.1, 0.15) is 0 Å². The maximum atomic E-state index is 11.0. The molecular formula is C12H15Cl2N3O3. The number of hydrogen-bond acceptors (Lipinski definition) is 5. The molecule has 1 saturated heterocycles. The smallest absolute Gasteiger partial charge is 0.293 e. The fourth-order valence-corrected chi connectivity index (χ4v) is 2.32. The Morgan fingerprint density at radius 3 is 2.60 bits per heavy atom. The van der Waals surface area contributed by atoms with Gasteiger partial charge in [-0.3, -0.25) is 15.0 Å². The first-order chi connectivity index (χ1) is 9.58. The van der Waals surface area contributed by atoms with Crippen molar-refractivity contribution in [1.29, 1.82) is 0 Å². The second kappa shape index (κ2) is 7.08. The Morgan fingerprint density at radius 2 is 1.95 bits per heavy atom. The van der Waals surface area contributed by atoms with Crippen molar-refractivity contribution >= 4 is 34.6 Å². The van der Waals surface area contributed by atoms with Gasteiger partial charge >= 0.3 is 0 Å². The Bertz CT molecular complexity index is 493. The number of morpholine rings is 1. The number of anilines is 1. The van der Waals surface area contributed by atoms with E-state index in [-0.39, 0.29) is 10.7 Å². The molecule has 6 nitrogen and oxygen atoms in total. The van der Waals surface area contributed by atoms with Gasteiger partial charge in [0.2, 0.25) is 0 Å². The Labute approximate surface area is 126 Å². The highest BCUT2D eigenvalue weighted by Crippen LogP contribution is 2.33. The van der Waals surface area contributed by atoms with E-state index >= 15 is 0 Å². The van der Waals surface area contributed by atoms with Crippen molar-refractivity contribution in [3.63, 3.8) is 0 Å². The van der Waals surface area contributed by atoms with Gasteiger partial charge in [-0.1, -0.05) is 23.2 Å². The molecule has 0 bridgehead atoms. The number of ether oxygens (including phenoxy) is 1. The van der Waals surface area contributed by atoms with Crippen molar-refractivity contribution in [2.45, 2.75) is 0 Å². The van der Waals surface area contributed by atoms with E-state index in [1.807, 2.05) is 0 Å². The van der Waals surface area contributed by atoms with E-state index < -0.39 is 4.92 Å². The van der Waals surface area contributed by atoms with Gasteiger partial charge in [-0.25, -0.2) is 0 Å². The zero-order chi connectivity index (χ0) is 14.5. The monoisotopic (exact) mass is 319 g/mol. The minimum absolute atomic E-state index is 0.0682. The lowest BCUT2D eigenvalue weighted by molar-refractivity contribution is -0.383. The van der Waals surface area contributed by atoms with Gasteiger partial charge < -0.3 is 10.1 Å². The first-order valence-electron chi connectivity index (χ1n) is 6.25. The largest absolute Gasteiger partial charge is 0.379 e. The van der Waals surface area contributed by atoms with Crippen LogP contribution >= 0.6 is 23.2 Å². The first kappa shape index (κ1) is 15.3. The number of hydrogen-bond donors (Lipinski definition) is 1. The van der Waals surface area contributed by atoms with E-state index in [2.05, 4.69) is 10.2 Å². The molecule has 1 aliphatic rings. The second-order valence-corrected chi connectivity index (χ2v) is 5.24. The van der Waals surface area contributed by atoms with E-state index in [9.17, 15) is 10.1 Å². The zero-order valence-electron chi connectivity index (χ0n) is 10.8. The number of nitro groups is 1. The Kier molecular flexibility index (Phi) is 5.42. The van der Waals surface area contributed by atoms with Gasteiger partial charge in [-0.2, -0.15) is 0 Å². The van der Waals surface area contributed by atoms with Crippen LogP contribution in [-0.4, -0.2) is 49.2 Å². The van der Waals surface area contributed by atoms with Crippen LogP contribution in [0.4, 0.5) is 11.4 Å². The number of halogens is 2. The molecule has 0 amide bonds. The third-order valence-corrected chi connectivity index (χ3v) is 3.80. The molecular weight excluding hydrogens is 305 g/mol. The van der Waals surface area contributed by atoms with Crippen molar-refractivity contribution in [1.82, 2.24) is 4.90 Å². The van der Waals surface area contributed by atoms with Crippen LogP contribution in [0.15, 0.2) is 12.1 Å². The lowest BCUT2D eigenvalue weighted by atomic mass is 10.2. The van der Waals surface area contributed by atoms with Gasteiger partial charge in [0.25, 0.3) is 5.69 Å². The van der Waals surface area contributed by atoms with E-state index in [0.717, 1.165) is 32.8 Å². The van der Waals surface area contributed by atoms with Crippen LogP contribution in [0.25, 0.3) is 0 Å². The van der Waals surface area contributed by atoms with Crippen LogP contribution in [0, 0.1) is 10.1 Å². The summed E-state index contributed by atoms with van der Waals surface area (Å²) in [5.41, 5.74) is 0.319. The molecule has 1 aliphatic heterocycles. The third kappa shape index (κ3) is 3.96. The summed E-state index contributed by atoms with van der Waals surface area (Å²) >= 11 is 11.7. The van der Waals surface area contributed by atoms with Gasteiger partial charge in [0.05, 0.1) is 28.2 Å². The predicted octanol–water partition coefficient (Wildman–Crippen LogP) is 2.65. The fourth-order valence-electron chi connectivity index (χ4n) is 2.00. The predicted molar refractivity (Wildman–Crippen MR) is 78.9 cm³/mol. The zero-order valence-corrected chi connectivity index (χ0v) is 12.3. The van der Waals surface area contributed by atoms with Crippen molar-refractivity contribution in [3.05, 3.63) is 32.3 Å². The molecule has 1 aromatic carbocycles. The van der Waals surface area contributed by atoms with Gasteiger partial charge in [0, 0.05) is 32.2 Å². The molecule has 1 heterocycles. The summed E-state index contributed by atoms with van der Waals surface area (Å²) < 4.78 is 5.26. The molecule has 0 radical (unpaired) electrons. The second-order valence-electron chi connectivity index (χ2n) is 4.42. The highest BCUT2D eigenvalue weighted by molar-refractivity contribution is 6.42. The van der Waals surface area contributed by atoms with Crippen molar-refractivity contribution in [2.24, 2.45) is 0 Å². The summed E-state index contributed by atoms with van der Waals surface area (Å²) in [7, 11) is 0. The fraction of sp³-hybridized carbons (Fsp3) is 0.500. The number of nitrogens with zero attached hydrogens (tertiary/aromatic N) is 2. The molecule has 0 aliphatic carbocycles. The van der Waals surface area contributed by atoms with Crippen molar-refractivity contribution in [3.8, 4) is 0 Å². The lowest BCUT2D eigenvalue weighted by Crippen LogP contribution is -2.39. The highest BCUT2D eigenvalue weighted by Gasteiger charge is 2.17. The third-order valence-electron chi connectivity index (χ3n) is 3.08. The van der Waals surface area contributed by atoms with E-state index in [1.165, 1.54) is 12.1 Å². The van der Waals surface area contributed by atoms with E-state index in [1.54, 1.807) is 0 Å². The summed E-state index contributed by atoms with van der Waals surface area (Å²) in [6, 6.07) is 2.75. The Morgan fingerprint density at radius 1 is 1.30 bits per heavy atom. The molecule has 0 aromatic heterocycles. The summed E-state index contributed by atoms with van der Waals surface area (Å²) in [5, 5.41) is 14.5. The average Bonchev–Trinajstić information content (AvgIpc) is 2.43. The molecule has 0 unspecified atom stereocenters. The SMILES string of the molecule is O=[N+]([O-])c1cc(Cl)c(Cl)cc1NCCN1CCOCC1. The molecule has 1 aromatic rings. The van der Waals surface area contributed by atoms with Crippen LogP contribution in [0.5, 0.6) is 0 Å². The lowest BCUT2D eigenvalue weighted by Gasteiger charge is -2.26. The van der Waals surface area contributed by atoms with Crippen LogP contribution < -0.4 is 5.32 Å². The minimum Gasteiger partial charge on any atom is -0.379 e. The van der Waals surface area contributed by atoms with Gasteiger partial charge in [-0.15, -0.1) is 0 Å². The molecule has 20 heavy (non-hydrogen) atoms. The summed E-state index contributed by atoms with van der Waals surface area (Å²) in [5.74, 6) is 0. The van der Waals surface area contributed by atoms with Crippen LogP contribution in [0.2, 0.25) is 10.0 Å². The molecule has 2 rings (SSSR count). The van der Waals surface area contributed by atoms with E-state index in [4.69, 9.17) is 27.9 Å². The Hall–Kier alpha value is -1.08. The van der Waals surface area contributed by atoms with Crippen molar-refractivity contribution < 1.29 is 9.66 Å². The highest BCUT2D eigenvalue weighted by atomic mass is 35.5. The average molecular weight is 320 g/mol. The molecule has 110 valence electrons. The number of nitrogens with one attached hydrogen (secondary N) is 1. The first-order valence-corrected chi connectivity index (χ1v) is 7.01. The van der Waals surface area contributed by atoms with Gasteiger partial charge in [-0.05, 0) is 6.07 Å². The summed E-state index contributed by atoms with van der Waals surface area (Å²) in [6.07, 6.45) is 0. The topological polar surface area (TPSA) is 67.6 Å². The van der Waals surface area contributed by atoms with Crippen molar-refractivity contribution in [2.75, 3.05) is 44.7 Å². The molecule has 0 spiro atoms. The molecule has 0 atom stereocenters. The quantitative estimate of drug-likeness (QED) is 0.667. The normalized spacial score (nSPS) is 16.1. The number of rotatable bonds is 5. The number of nitro benzene ring substituents is 1. The molecule has 1 N–H and O–H groups in total. The van der Waals surface area contributed by atoms with Gasteiger partial charge in [0.1, 0.15) is 5.69 Å². The maximum absolute atomic E-state index is 11.0. The molecule has 0 saturated carbocycles. The van der Waals surface area contributed by atoms with Gasteiger partial charge in [0.15, 0.2) is 0 Å². The summed E-state index contributed by atoms with van der Waals surface area (Å²) in [4.78, 5) is 12.8. The summed E-state index contributed by atoms with van der Waals surface area (Å²) in [6.45, 7) is 4.61. The standard InChI is InChI=1S/C12H15Cl2N3O3/c13-9-7-11(12(17(18)19)8-10(9)14)15-1-2-16-3-5-20-6-4-16/h7-8,15H,1-6H2. The van der Waals surface area contributed by atoms with E-state index in [0.29, 0.717) is 17.3 Å².